The van der Waals surface area contributed by atoms with Gasteiger partial charge in [0.2, 0.25) is 23.6 Å². The van der Waals surface area contributed by atoms with Gasteiger partial charge in [0.05, 0.1) is 12.4 Å². The van der Waals surface area contributed by atoms with Crippen molar-refractivity contribution in [3.8, 4) is 0 Å². The van der Waals surface area contributed by atoms with Crippen LogP contribution in [0.15, 0.2) is 43.0 Å². The molecule has 4 amide bonds. The van der Waals surface area contributed by atoms with Crippen LogP contribution in [0.3, 0.4) is 0 Å². The molecule has 0 aliphatic rings. The SMILES string of the molecule is CC(O)C(N)C(=O)NC(Cc1c[nH]c2ccccc12)C(=O)NC(Cc1cnc[nH]1)C(=O)NC(CCC(N)=O)C(=O)O. The van der Waals surface area contributed by atoms with Crippen LogP contribution >= 0.6 is 0 Å². The van der Waals surface area contributed by atoms with E-state index in [2.05, 4.69) is 30.9 Å². The Morgan fingerprint density at radius 2 is 1.59 bits per heavy atom. The maximum Gasteiger partial charge on any atom is 0.326 e. The fourth-order valence-corrected chi connectivity index (χ4v) is 4.13. The third-order valence-electron chi connectivity index (χ3n) is 6.46. The van der Waals surface area contributed by atoms with Crippen LogP contribution in [-0.4, -0.2) is 85.0 Å². The first-order valence-electron chi connectivity index (χ1n) is 12.8. The smallest absolute Gasteiger partial charge is 0.326 e. The molecular formula is C26H34N8O7. The molecule has 3 rings (SSSR count). The molecule has 0 aliphatic carbocycles. The summed E-state index contributed by atoms with van der Waals surface area (Å²) < 4.78 is 0. The van der Waals surface area contributed by atoms with Crippen LogP contribution in [-0.2, 0) is 36.8 Å². The number of nitrogens with two attached hydrogens (primary N) is 2. The van der Waals surface area contributed by atoms with E-state index < -0.39 is 59.9 Å². The van der Waals surface area contributed by atoms with Crippen LogP contribution in [0.25, 0.3) is 10.9 Å². The number of carboxylic acid groups (broad SMARTS) is 1. The van der Waals surface area contributed by atoms with Crippen LogP contribution in [0.5, 0.6) is 0 Å². The molecule has 0 radical (unpaired) electrons. The van der Waals surface area contributed by atoms with Crippen molar-refractivity contribution < 1.29 is 34.2 Å². The topological polar surface area (TPSA) is 258 Å². The molecule has 2 aromatic heterocycles. The van der Waals surface area contributed by atoms with Gasteiger partial charge in [-0.15, -0.1) is 0 Å². The summed E-state index contributed by atoms with van der Waals surface area (Å²) in [4.78, 5) is 72.2. The lowest BCUT2D eigenvalue weighted by atomic mass is 10.0. The number of carbonyl (C=O) groups is 5. The van der Waals surface area contributed by atoms with Gasteiger partial charge in [-0.2, -0.15) is 0 Å². The Morgan fingerprint density at radius 3 is 2.20 bits per heavy atom. The first-order chi connectivity index (χ1) is 19.5. The number of rotatable bonds is 15. The van der Waals surface area contributed by atoms with E-state index in [1.54, 1.807) is 6.20 Å². The van der Waals surface area contributed by atoms with Crippen molar-refractivity contribution in [2.75, 3.05) is 0 Å². The number of aliphatic hydroxyl groups excluding tert-OH is 1. The van der Waals surface area contributed by atoms with E-state index in [-0.39, 0.29) is 25.7 Å². The average molecular weight is 571 g/mol. The summed E-state index contributed by atoms with van der Waals surface area (Å²) in [5, 5.41) is 27.6. The predicted octanol–water partition coefficient (Wildman–Crippen LogP) is -1.81. The van der Waals surface area contributed by atoms with Gasteiger partial charge in [0, 0.05) is 48.3 Å². The van der Waals surface area contributed by atoms with Crippen molar-refractivity contribution in [2.24, 2.45) is 11.5 Å². The van der Waals surface area contributed by atoms with E-state index in [9.17, 15) is 34.2 Å². The number of benzene rings is 1. The molecule has 0 aliphatic heterocycles. The summed E-state index contributed by atoms with van der Waals surface area (Å²) in [5.74, 6) is -4.51. The third kappa shape index (κ3) is 8.61. The number of hydrogen-bond donors (Lipinski definition) is 9. The zero-order valence-electron chi connectivity index (χ0n) is 22.3. The quantitative estimate of drug-likeness (QED) is 0.0995. The zero-order valence-corrected chi connectivity index (χ0v) is 22.3. The number of carbonyl (C=O) groups excluding carboxylic acids is 4. The lowest BCUT2D eigenvalue weighted by Gasteiger charge is -2.25. The number of primary amides is 1. The number of aromatic amines is 2. The van der Waals surface area contributed by atoms with Crippen LogP contribution in [0.1, 0.15) is 31.0 Å². The van der Waals surface area contributed by atoms with E-state index in [1.807, 2.05) is 24.3 Å². The fourth-order valence-electron chi connectivity index (χ4n) is 4.13. The number of para-hydroxylation sites is 1. The molecule has 2 heterocycles. The van der Waals surface area contributed by atoms with Gasteiger partial charge in [-0.05, 0) is 25.0 Å². The van der Waals surface area contributed by atoms with Crippen molar-refractivity contribution in [3.05, 3.63) is 54.2 Å². The van der Waals surface area contributed by atoms with E-state index in [0.29, 0.717) is 11.3 Å². The molecule has 0 saturated carbocycles. The molecule has 15 nitrogen and oxygen atoms in total. The summed E-state index contributed by atoms with van der Waals surface area (Å²) in [5.41, 5.74) is 12.9. The number of nitrogens with zero attached hydrogens (tertiary/aromatic N) is 1. The minimum absolute atomic E-state index is 0.00285. The summed E-state index contributed by atoms with van der Waals surface area (Å²) in [6, 6.07) is 2.05. The standard InChI is InChI=1S/C26H34N8O7/c1-13(35)22(28)25(39)34-19(8-14-10-30-17-5-3-2-4-16(14)17)23(37)33-20(9-15-11-29-12-31-15)24(38)32-18(26(40)41)6-7-21(27)36/h2-5,10-13,18-20,22,30,35H,6-9,28H2,1H3,(H2,27,36)(H,29,31)(H,32,38)(H,33,37)(H,34,39)(H,40,41). The van der Waals surface area contributed by atoms with Crippen molar-refractivity contribution in [1.29, 1.82) is 0 Å². The second-order valence-electron chi connectivity index (χ2n) is 9.64. The van der Waals surface area contributed by atoms with Crippen molar-refractivity contribution in [3.63, 3.8) is 0 Å². The molecular weight excluding hydrogens is 536 g/mol. The molecule has 11 N–H and O–H groups in total. The van der Waals surface area contributed by atoms with Crippen LogP contribution in [0, 0.1) is 0 Å². The van der Waals surface area contributed by atoms with Crippen LogP contribution < -0.4 is 27.4 Å². The Kier molecular flexibility index (Phi) is 10.5. The summed E-state index contributed by atoms with van der Waals surface area (Å²) in [7, 11) is 0. The van der Waals surface area contributed by atoms with Gasteiger partial charge >= 0.3 is 5.97 Å². The molecule has 3 aromatic rings. The number of imidazole rings is 1. The van der Waals surface area contributed by atoms with Gasteiger partial charge in [0.25, 0.3) is 0 Å². The number of hydrogen-bond acceptors (Lipinski definition) is 8. The van der Waals surface area contributed by atoms with Gasteiger partial charge < -0.3 is 47.6 Å². The highest BCUT2D eigenvalue weighted by atomic mass is 16.4. The second-order valence-corrected chi connectivity index (χ2v) is 9.64. The van der Waals surface area contributed by atoms with Crippen molar-refractivity contribution in [2.45, 2.75) is 62.9 Å². The maximum absolute atomic E-state index is 13.6. The molecule has 0 fully saturated rings. The molecule has 0 saturated heterocycles. The first kappa shape index (κ1) is 30.8. The highest BCUT2D eigenvalue weighted by Crippen LogP contribution is 2.19. The minimum Gasteiger partial charge on any atom is -0.480 e. The van der Waals surface area contributed by atoms with Gasteiger partial charge in [0.15, 0.2) is 0 Å². The maximum atomic E-state index is 13.6. The Balaban J connectivity index is 1.86. The van der Waals surface area contributed by atoms with Crippen LogP contribution in [0.4, 0.5) is 0 Å². The summed E-state index contributed by atoms with van der Waals surface area (Å²) in [6.45, 7) is 1.33. The number of fused-ring (bicyclic) bond motifs is 1. The molecule has 0 spiro atoms. The summed E-state index contributed by atoms with van der Waals surface area (Å²) >= 11 is 0. The summed E-state index contributed by atoms with van der Waals surface area (Å²) in [6.07, 6.45) is 2.67. The minimum atomic E-state index is -1.44. The third-order valence-corrected chi connectivity index (χ3v) is 6.46. The second kappa shape index (κ2) is 14.0. The number of amides is 4. The highest BCUT2D eigenvalue weighted by Gasteiger charge is 2.32. The Morgan fingerprint density at radius 1 is 0.951 bits per heavy atom. The van der Waals surface area contributed by atoms with E-state index in [4.69, 9.17) is 11.5 Å². The highest BCUT2D eigenvalue weighted by molar-refractivity contribution is 5.95. The van der Waals surface area contributed by atoms with Crippen molar-refractivity contribution in [1.82, 2.24) is 30.9 Å². The number of aliphatic hydroxyl groups is 1. The zero-order chi connectivity index (χ0) is 30.1. The van der Waals surface area contributed by atoms with Crippen LogP contribution in [0.2, 0.25) is 0 Å². The molecule has 5 unspecified atom stereocenters. The number of aromatic nitrogens is 3. The molecule has 220 valence electrons. The Labute approximate surface area is 234 Å². The predicted molar refractivity (Wildman–Crippen MR) is 146 cm³/mol. The van der Waals surface area contributed by atoms with Gasteiger partial charge in [0.1, 0.15) is 24.2 Å². The Hall–Kier alpha value is -4.76. The lowest BCUT2D eigenvalue weighted by Crippen LogP contribution is -2.59. The number of aliphatic carboxylic acids is 1. The monoisotopic (exact) mass is 570 g/mol. The normalized spacial score (nSPS) is 14.8. The number of H-pyrrole nitrogens is 2. The molecule has 1 aromatic carbocycles. The van der Waals surface area contributed by atoms with Crippen molar-refractivity contribution >= 4 is 40.5 Å². The fraction of sp³-hybridized carbons (Fsp3) is 0.385. The number of carboxylic acids is 1. The van der Waals surface area contributed by atoms with E-state index in [1.165, 1.54) is 19.4 Å². The average Bonchev–Trinajstić information content (AvgIpc) is 3.59. The van der Waals surface area contributed by atoms with Gasteiger partial charge in [-0.25, -0.2) is 9.78 Å². The van der Waals surface area contributed by atoms with E-state index >= 15 is 0 Å². The molecule has 0 bridgehead atoms. The van der Waals surface area contributed by atoms with Gasteiger partial charge in [-0.1, -0.05) is 18.2 Å². The lowest BCUT2D eigenvalue weighted by molar-refractivity contribution is -0.142. The van der Waals surface area contributed by atoms with E-state index in [0.717, 1.165) is 10.9 Å². The molecule has 5 atom stereocenters. The largest absolute Gasteiger partial charge is 0.480 e. The first-order valence-corrected chi connectivity index (χ1v) is 12.8. The molecule has 41 heavy (non-hydrogen) atoms. The molecule has 15 heteroatoms. The Bertz CT molecular complexity index is 1370. The number of nitrogens with one attached hydrogen (secondary N) is 5. The van der Waals surface area contributed by atoms with Gasteiger partial charge in [-0.3, -0.25) is 19.2 Å².